The molecule has 1 aromatic heterocycles. The Balaban J connectivity index is 0.00000208. The van der Waals surface area contributed by atoms with E-state index in [9.17, 15) is 8.42 Å². The molecule has 3 heterocycles. The Morgan fingerprint density at radius 2 is 1.83 bits per heavy atom. The first-order valence-corrected chi connectivity index (χ1v) is 10.6. The summed E-state index contributed by atoms with van der Waals surface area (Å²) in [5.74, 6) is 0. The molecule has 0 radical (unpaired) electrons. The fourth-order valence-corrected chi connectivity index (χ4v) is 6.27. The van der Waals surface area contributed by atoms with Crippen molar-refractivity contribution in [1.29, 1.82) is 0 Å². The van der Waals surface area contributed by atoms with Crippen LogP contribution in [0, 0.1) is 0 Å². The maximum atomic E-state index is 12.9. The number of sulfonamides is 1. The standard InChI is InChI=1S/C16H27N3O2S2.ClH/c1-16(2,3)14-4-5-15(22-14)23(20,21)19-9-6-13(12-19)18-10-7-17-8-11-18;/h4-5,13,17H,6-12H2,1-3H3;1H. The number of hydrogen-bond donors (Lipinski definition) is 1. The van der Waals surface area contributed by atoms with Gasteiger partial charge in [-0.3, -0.25) is 4.90 Å². The molecule has 2 saturated heterocycles. The first-order valence-electron chi connectivity index (χ1n) is 8.34. The van der Waals surface area contributed by atoms with Gasteiger partial charge in [-0.1, -0.05) is 20.8 Å². The van der Waals surface area contributed by atoms with Gasteiger partial charge in [0.05, 0.1) is 0 Å². The third-order valence-electron chi connectivity index (χ3n) is 4.71. The van der Waals surface area contributed by atoms with Crippen LogP contribution in [0.25, 0.3) is 0 Å². The van der Waals surface area contributed by atoms with Crippen molar-refractivity contribution >= 4 is 33.8 Å². The highest BCUT2D eigenvalue weighted by atomic mass is 35.5. The predicted molar refractivity (Wildman–Crippen MR) is 102 cm³/mol. The fraction of sp³-hybridized carbons (Fsp3) is 0.750. The van der Waals surface area contributed by atoms with E-state index < -0.39 is 10.0 Å². The molecule has 0 bridgehead atoms. The van der Waals surface area contributed by atoms with Crippen LogP contribution >= 0.6 is 23.7 Å². The lowest BCUT2D eigenvalue weighted by molar-refractivity contribution is 0.179. The van der Waals surface area contributed by atoms with Gasteiger partial charge in [0.25, 0.3) is 10.0 Å². The summed E-state index contributed by atoms with van der Waals surface area (Å²) in [6.45, 7) is 11.7. The van der Waals surface area contributed by atoms with E-state index in [1.807, 2.05) is 6.07 Å². The molecule has 1 atom stereocenters. The van der Waals surface area contributed by atoms with Crippen LogP contribution in [0.2, 0.25) is 0 Å². The molecule has 1 N–H and O–H groups in total. The predicted octanol–water partition coefficient (Wildman–Crippen LogP) is 2.14. The summed E-state index contributed by atoms with van der Waals surface area (Å²) in [7, 11) is -3.34. The molecule has 3 rings (SSSR count). The van der Waals surface area contributed by atoms with Crippen LogP contribution in [0.1, 0.15) is 32.1 Å². The lowest BCUT2D eigenvalue weighted by atomic mass is 9.95. The summed E-state index contributed by atoms with van der Waals surface area (Å²) in [5, 5.41) is 3.35. The zero-order valence-corrected chi connectivity index (χ0v) is 17.1. The van der Waals surface area contributed by atoms with Crippen molar-refractivity contribution in [3.05, 3.63) is 17.0 Å². The summed E-state index contributed by atoms with van der Waals surface area (Å²) in [6.07, 6.45) is 0.941. The van der Waals surface area contributed by atoms with E-state index in [-0.39, 0.29) is 17.8 Å². The fourth-order valence-electron chi connectivity index (χ4n) is 3.26. The Labute approximate surface area is 155 Å². The molecule has 0 saturated carbocycles. The zero-order chi connectivity index (χ0) is 16.7. The summed E-state index contributed by atoms with van der Waals surface area (Å²) >= 11 is 1.42. The quantitative estimate of drug-likeness (QED) is 0.854. The second-order valence-corrected chi connectivity index (χ2v) is 10.7. The monoisotopic (exact) mass is 393 g/mol. The van der Waals surface area contributed by atoms with Crippen LogP contribution < -0.4 is 5.32 Å². The number of rotatable bonds is 3. The van der Waals surface area contributed by atoms with E-state index in [4.69, 9.17) is 0 Å². The van der Waals surface area contributed by atoms with Gasteiger partial charge >= 0.3 is 0 Å². The summed E-state index contributed by atoms with van der Waals surface area (Å²) in [6, 6.07) is 4.11. The lowest BCUT2D eigenvalue weighted by Gasteiger charge is -2.32. The minimum atomic E-state index is -3.34. The Hall–Kier alpha value is -0.180. The number of halogens is 1. The molecule has 24 heavy (non-hydrogen) atoms. The molecule has 0 aromatic carbocycles. The van der Waals surface area contributed by atoms with Gasteiger partial charge in [0.2, 0.25) is 0 Å². The second-order valence-electron chi connectivity index (χ2n) is 7.46. The van der Waals surface area contributed by atoms with E-state index in [0.29, 0.717) is 23.3 Å². The SMILES string of the molecule is CC(C)(C)c1ccc(S(=O)(=O)N2CCC(N3CCNCC3)C2)s1.Cl. The molecule has 5 nitrogen and oxygen atoms in total. The Morgan fingerprint density at radius 1 is 1.17 bits per heavy atom. The van der Waals surface area contributed by atoms with E-state index in [1.54, 1.807) is 10.4 Å². The van der Waals surface area contributed by atoms with Crippen molar-refractivity contribution in [2.24, 2.45) is 0 Å². The molecule has 2 aliphatic heterocycles. The molecule has 0 spiro atoms. The molecular formula is C16H28ClN3O2S2. The van der Waals surface area contributed by atoms with Crippen molar-refractivity contribution in [3.8, 4) is 0 Å². The lowest BCUT2D eigenvalue weighted by Crippen LogP contribution is -2.49. The number of nitrogens with zero attached hydrogens (tertiary/aromatic N) is 2. The van der Waals surface area contributed by atoms with E-state index in [0.717, 1.165) is 37.5 Å². The Morgan fingerprint density at radius 3 is 2.42 bits per heavy atom. The van der Waals surface area contributed by atoms with Gasteiger partial charge in [-0.05, 0) is 24.0 Å². The summed E-state index contributed by atoms with van der Waals surface area (Å²) in [4.78, 5) is 3.55. The number of piperazine rings is 1. The molecule has 0 amide bonds. The highest BCUT2D eigenvalue weighted by molar-refractivity contribution is 7.91. The molecular weight excluding hydrogens is 366 g/mol. The highest BCUT2D eigenvalue weighted by Crippen LogP contribution is 2.34. The first-order chi connectivity index (χ1) is 10.8. The minimum absolute atomic E-state index is 0. The maximum absolute atomic E-state index is 12.9. The van der Waals surface area contributed by atoms with Gasteiger partial charge in [0.15, 0.2) is 0 Å². The Kier molecular flexibility index (Phi) is 6.37. The van der Waals surface area contributed by atoms with Gasteiger partial charge in [-0.25, -0.2) is 8.42 Å². The third-order valence-corrected chi connectivity index (χ3v) is 8.55. The van der Waals surface area contributed by atoms with Crippen molar-refractivity contribution in [2.45, 2.75) is 42.9 Å². The molecule has 0 aliphatic carbocycles. The summed E-state index contributed by atoms with van der Waals surface area (Å²) in [5.41, 5.74) is -0.00716. The molecule has 2 fully saturated rings. The topological polar surface area (TPSA) is 52.7 Å². The van der Waals surface area contributed by atoms with Crippen molar-refractivity contribution in [3.63, 3.8) is 0 Å². The van der Waals surface area contributed by atoms with Crippen molar-refractivity contribution in [1.82, 2.24) is 14.5 Å². The molecule has 8 heteroatoms. The molecule has 1 aromatic rings. The van der Waals surface area contributed by atoms with Gasteiger partial charge < -0.3 is 5.32 Å². The van der Waals surface area contributed by atoms with Crippen molar-refractivity contribution < 1.29 is 8.42 Å². The number of hydrogen-bond acceptors (Lipinski definition) is 5. The molecule has 138 valence electrons. The smallest absolute Gasteiger partial charge is 0.252 e. The van der Waals surface area contributed by atoms with Gasteiger partial charge in [0.1, 0.15) is 4.21 Å². The van der Waals surface area contributed by atoms with Gasteiger partial charge in [0, 0.05) is 50.2 Å². The Bertz CT molecular complexity index is 649. The van der Waals surface area contributed by atoms with Crippen LogP contribution in [-0.2, 0) is 15.4 Å². The summed E-state index contributed by atoms with van der Waals surface area (Å²) < 4.78 is 28.0. The highest BCUT2D eigenvalue weighted by Gasteiger charge is 2.36. The first kappa shape index (κ1) is 20.1. The zero-order valence-electron chi connectivity index (χ0n) is 14.6. The van der Waals surface area contributed by atoms with Crippen LogP contribution in [-0.4, -0.2) is 62.9 Å². The average molecular weight is 394 g/mol. The third kappa shape index (κ3) is 4.14. The van der Waals surface area contributed by atoms with Crippen molar-refractivity contribution in [2.75, 3.05) is 39.3 Å². The molecule has 2 aliphatic rings. The van der Waals surface area contributed by atoms with Crippen LogP contribution in [0.15, 0.2) is 16.3 Å². The minimum Gasteiger partial charge on any atom is -0.314 e. The van der Waals surface area contributed by atoms with E-state index in [2.05, 4.69) is 31.0 Å². The number of thiophene rings is 1. The van der Waals surface area contributed by atoms with E-state index in [1.165, 1.54) is 11.3 Å². The number of nitrogens with one attached hydrogen (secondary N) is 1. The largest absolute Gasteiger partial charge is 0.314 e. The van der Waals surface area contributed by atoms with Crippen LogP contribution in [0.4, 0.5) is 0 Å². The van der Waals surface area contributed by atoms with Crippen LogP contribution in [0.3, 0.4) is 0 Å². The van der Waals surface area contributed by atoms with Gasteiger partial charge in [-0.15, -0.1) is 23.7 Å². The average Bonchev–Trinajstić information content (AvgIpc) is 3.18. The van der Waals surface area contributed by atoms with Crippen LogP contribution in [0.5, 0.6) is 0 Å². The second kappa shape index (κ2) is 7.60. The molecule has 1 unspecified atom stereocenters. The normalized spacial score (nSPS) is 24.0. The maximum Gasteiger partial charge on any atom is 0.252 e. The van der Waals surface area contributed by atoms with Gasteiger partial charge in [-0.2, -0.15) is 4.31 Å². The van der Waals surface area contributed by atoms with E-state index >= 15 is 0 Å².